The second-order valence-electron chi connectivity index (χ2n) is 5.09. The molecule has 1 aromatic carbocycles. The molecule has 6 heteroatoms. The smallest absolute Gasteiger partial charge is 0.237 e. The molecule has 3 nitrogen and oxygen atoms in total. The molecule has 2 rings (SSSR count). The van der Waals surface area contributed by atoms with Gasteiger partial charge in [-0.3, -0.25) is 4.79 Å². The normalized spacial score (nSPS) is 17.5. The summed E-state index contributed by atoms with van der Waals surface area (Å²) in [6.07, 6.45) is 4.49. The minimum atomic E-state index is -0.732. The molecule has 0 radical (unpaired) electrons. The van der Waals surface area contributed by atoms with Crippen LogP contribution in [0.4, 0.5) is 5.69 Å². The van der Waals surface area contributed by atoms with Gasteiger partial charge in [0.15, 0.2) is 0 Å². The number of hydrogen-bond donors (Lipinski definition) is 2. The lowest BCUT2D eigenvalue weighted by molar-refractivity contribution is -0.123. The lowest BCUT2D eigenvalue weighted by Gasteiger charge is -2.34. The average Bonchev–Trinajstić information content (AvgIpc) is 2.42. The van der Waals surface area contributed by atoms with E-state index in [2.05, 4.69) is 21.2 Å². The third-order valence-electron chi connectivity index (χ3n) is 3.79. The number of amides is 1. The summed E-state index contributed by atoms with van der Waals surface area (Å²) in [5, 5.41) is 3.36. The van der Waals surface area contributed by atoms with Crippen molar-refractivity contribution in [3.63, 3.8) is 0 Å². The summed E-state index contributed by atoms with van der Waals surface area (Å²) in [6.45, 7) is 0. The van der Waals surface area contributed by atoms with Gasteiger partial charge in [0.25, 0.3) is 0 Å². The summed E-state index contributed by atoms with van der Waals surface area (Å²) in [7, 11) is 0. The Bertz CT molecular complexity index is 544. The van der Waals surface area contributed by atoms with Gasteiger partial charge in [-0.15, -0.1) is 0 Å². The fourth-order valence-corrected chi connectivity index (χ4v) is 3.59. The number of carbonyl (C=O) groups excluding carboxylic acids is 1. The van der Waals surface area contributed by atoms with E-state index in [-0.39, 0.29) is 10.9 Å². The number of anilines is 1. The van der Waals surface area contributed by atoms with Crippen LogP contribution in [0.15, 0.2) is 22.7 Å². The van der Waals surface area contributed by atoms with Crippen LogP contribution < -0.4 is 11.1 Å². The van der Waals surface area contributed by atoms with Gasteiger partial charge >= 0.3 is 0 Å². The van der Waals surface area contributed by atoms with Gasteiger partial charge in [-0.25, -0.2) is 0 Å². The minimum absolute atomic E-state index is 0.145. The Hall–Kier alpha value is -0.650. The van der Waals surface area contributed by atoms with Crippen molar-refractivity contribution in [2.45, 2.75) is 32.1 Å². The van der Waals surface area contributed by atoms with Gasteiger partial charge in [0.05, 0.1) is 21.1 Å². The maximum absolute atomic E-state index is 12.6. The van der Waals surface area contributed by atoms with Crippen molar-refractivity contribution in [3.8, 4) is 0 Å². The highest BCUT2D eigenvalue weighted by molar-refractivity contribution is 9.10. The van der Waals surface area contributed by atoms with Crippen molar-refractivity contribution in [2.24, 2.45) is 11.1 Å². The summed E-state index contributed by atoms with van der Waals surface area (Å²) in [4.78, 5) is 12.9. The van der Waals surface area contributed by atoms with E-state index >= 15 is 0 Å². The van der Waals surface area contributed by atoms with E-state index in [1.165, 1.54) is 0 Å². The maximum atomic E-state index is 12.6. The Morgan fingerprint density at radius 3 is 2.55 bits per heavy atom. The molecule has 1 aliphatic carbocycles. The maximum Gasteiger partial charge on any atom is 0.237 e. The molecule has 0 heterocycles. The number of carbonyl (C=O) groups is 1. The quantitative estimate of drug-likeness (QED) is 0.775. The van der Waals surface area contributed by atoms with E-state index < -0.39 is 5.41 Å². The lowest BCUT2D eigenvalue weighted by Crippen LogP contribution is -2.47. The van der Waals surface area contributed by atoms with Crippen LogP contribution in [0.1, 0.15) is 32.1 Å². The van der Waals surface area contributed by atoms with Crippen molar-refractivity contribution in [2.75, 3.05) is 5.32 Å². The largest absolute Gasteiger partial charge is 0.392 e. The Morgan fingerprint density at radius 2 is 2.00 bits per heavy atom. The fourth-order valence-electron chi connectivity index (χ4n) is 2.57. The molecule has 0 aliphatic heterocycles. The molecular weight excluding hydrogens is 360 g/mol. The van der Waals surface area contributed by atoms with Crippen LogP contribution in [0.2, 0.25) is 5.02 Å². The zero-order chi connectivity index (χ0) is 14.8. The molecule has 0 atom stereocenters. The van der Waals surface area contributed by atoms with Crippen LogP contribution in [0.25, 0.3) is 0 Å². The number of halogens is 2. The van der Waals surface area contributed by atoms with Gasteiger partial charge in [-0.2, -0.15) is 0 Å². The Balaban J connectivity index is 2.22. The summed E-state index contributed by atoms with van der Waals surface area (Å²) in [5.74, 6) is -0.145. The molecule has 0 bridgehead atoms. The lowest BCUT2D eigenvalue weighted by atomic mass is 9.73. The van der Waals surface area contributed by atoms with Gasteiger partial charge in [0.1, 0.15) is 0 Å². The van der Waals surface area contributed by atoms with Gasteiger partial charge in [-0.1, -0.05) is 59.0 Å². The van der Waals surface area contributed by atoms with Crippen LogP contribution in [-0.2, 0) is 4.79 Å². The summed E-state index contributed by atoms with van der Waals surface area (Å²) in [5.41, 5.74) is 5.70. The van der Waals surface area contributed by atoms with Crippen molar-refractivity contribution >= 4 is 56.3 Å². The van der Waals surface area contributed by atoms with Gasteiger partial charge in [0, 0.05) is 4.47 Å². The number of hydrogen-bond acceptors (Lipinski definition) is 2. The van der Waals surface area contributed by atoms with Crippen LogP contribution in [0.5, 0.6) is 0 Å². The Morgan fingerprint density at radius 1 is 1.35 bits per heavy atom. The van der Waals surface area contributed by atoms with Crippen LogP contribution in [0.3, 0.4) is 0 Å². The monoisotopic (exact) mass is 374 g/mol. The number of nitrogens with two attached hydrogens (primary N) is 1. The zero-order valence-electron chi connectivity index (χ0n) is 10.9. The predicted molar refractivity (Wildman–Crippen MR) is 90.1 cm³/mol. The highest BCUT2D eigenvalue weighted by Gasteiger charge is 2.42. The van der Waals surface area contributed by atoms with Crippen molar-refractivity contribution in [1.82, 2.24) is 0 Å². The molecule has 0 unspecified atom stereocenters. The molecule has 1 fully saturated rings. The Kier molecular flexibility index (Phi) is 5.04. The van der Waals surface area contributed by atoms with E-state index in [1.807, 2.05) is 6.07 Å². The van der Waals surface area contributed by atoms with Crippen LogP contribution >= 0.6 is 39.7 Å². The number of thiocarbonyl (C=S) groups is 1. The topological polar surface area (TPSA) is 55.1 Å². The second-order valence-corrected chi connectivity index (χ2v) is 6.85. The highest BCUT2D eigenvalue weighted by Crippen LogP contribution is 2.38. The molecule has 0 saturated heterocycles. The summed E-state index contributed by atoms with van der Waals surface area (Å²) in [6, 6.07) is 5.34. The minimum Gasteiger partial charge on any atom is -0.392 e. The second kappa shape index (κ2) is 6.41. The first-order valence-corrected chi connectivity index (χ1v) is 8.10. The molecule has 108 valence electrons. The average molecular weight is 376 g/mol. The first kappa shape index (κ1) is 15.7. The van der Waals surface area contributed by atoms with E-state index in [1.54, 1.807) is 12.1 Å². The molecule has 0 spiro atoms. The third kappa shape index (κ3) is 3.15. The molecule has 3 N–H and O–H groups in total. The van der Waals surface area contributed by atoms with Crippen molar-refractivity contribution in [3.05, 3.63) is 27.7 Å². The molecule has 20 heavy (non-hydrogen) atoms. The first-order chi connectivity index (χ1) is 9.45. The summed E-state index contributed by atoms with van der Waals surface area (Å²) < 4.78 is 0.863. The summed E-state index contributed by atoms with van der Waals surface area (Å²) >= 11 is 14.6. The SMILES string of the molecule is NC(=S)C1(C(=O)Nc2ccc(Br)cc2Cl)CCCCC1. The third-order valence-corrected chi connectivity index (χ3v) is 4.99. The molecule has 0 aromatic heterocycles. The van der Waals surface area contributed by atoms with Gasteiger partial charge in [0.2, 0.25) is 5.91 Å². The zero-order valence-corrected chi connectivity index (χ0v) is 14.1. The number of benzene rings is 1. The predicted octanol–water partition coefficient (Wildman–Crippen LogP) is 4.28. The molecule has 1 aromatic rings. The standard InChI is InChI=1S/C14H16BrClN2OS/c15-9-4-5-11(10(16)8-9)18-13(19)14(12(17)20)6-2-1-3-7-14/h4-5,8H,1-3,6-7H2,(H2,17,20)(H,18,19). The highest BCUT2D eigenvalue weighted by atomic mass is 79.9. The van der Waals surface area contributed by atoms with Crippen molar-refractivity contribution in [1.29, 1.82) is 0 Å². The first-order valence-electron chi connectivity index (χ1n) is 6.52. The van der Waals surface area contributed by atoms with E-state index in [9.17, 15) is 4.79 Å². The van der Waals surface area contributed by atoms with Crippen LogP contribution in [0, 0.1) is 5.41 Å². The molecular formula is C14H16BrClN2OS. The Labute approximate surface area is 137 Å². The van der Waals surface area contributed by atoms with Crippen LogP contribution in [-0.4, -0.2) is 10.9 Å². The molecule has 1 amide bonds. The molecule has 1 saturated carbocycles. The number of rotatable bonds is 3. The fraction of sp³-hybridized carbons (Fsp3) is 0.429. The van der Waals surface area contributed by atoms with E-state index in [0.717, 1.165) is 23.7 Å². The molecule has 1 aliphatic rings. The van der Waals surface area contributed by atoms with Gasteiger partial charge < -0.3 is 11.1 Å². The van der Waals surface area contributed by atoms with E-state index in [4.69, 9.17) is 29.6 Å². The number of nitrogens with one attached hydrogen (secondary N) is 1. The van der Waals surface area contributed by atoms with Gasteiger partial charge in [-0.05, 0) is 31.0 Å². The van der Waals surface area contributed by atoms with E-state index in [0.29, 0.717) is 23.6 Å². The van der Waals surface area contributed by atoms with Crippen molar-refractivity contribution < 1.29 is 4.79 Å².